The van der Waals surface area contributed by atoms with Gasteiger partial charge in [-0.05, 0) is 33.2 Å². The maximum atomic E-state index is 12.8. The maximum Gasteiger partial charge on any atom is 0.434 e. The average molecular weight is 342 g/mol. The van der Waals surface area contributed by atoms with Crippen LogP contribution in [-0.4, -0.2) is 33.0 Å². The minimum absolute atomic E-state index is 0.287. The Morgan fingerprint density at radius 3 is 2.71 bits per heavy atom. The van der Waals surface area contributed by atoms with Crippen molar-refractivity contribution in [3.05, 3.63) is 35.1 Å². The molecule has 0 bridgehead atoms. The fourth-order valence-corrected chi connectivity index (χ4v) is 3.14. The standard InChI is InChI=1S/C16H21F3N4O/c1-10-11(2)24-15(20-10)9-22(3)6-12-4-5-14-21-13(16(17,18)19)8-23(14)7-12/h8,12H,4-7,9H2,1-3H3. The molecule has 1 aliphatic heterocycles. The van der Waals surface area contributed by atoms with Crippen molar-refractivity contribution in [2.24, 2.45) is 5.92 Å². The molecule has 1 aliphatic rings. The average Bonchev–Trinajstić information content (AvgIpc) is 3.02. The number of aromatic nitrogens is 3. The van der Waals surface area contributed by atoms with E-state index < -0.39 is 11.9 Å². The highest BCUT2D eigenvalue weighted by atomic mass is 19.4. The molecule has 0 N–H and O–H groups in total. The first-order chi connectivity index (χ1) is 11.2. The molecule has 5 nitrogen and oxygen atoms in total. The quantitative estimate of drug-likeness (QED) is 0.856. The van der Waals surface area contributed by atoms with Gasteiger partial charge in [0.25, 0.3) is 0 Å². The summed E-state index contributed by atoms with van der Waals surface area (Å²) in [6, 6.07) is 0. The van der Waals surface area contributed by atoms with E-state index in [4.69, 9.17) is 4.42 Å². The Kier molecular flexibility index (Phi) is 4.42. The highest BCUT2D eigenvalue weighted by Crippen LogP contribution is 2.30. The van der Waals surface area contributed by atoms with Gasteiger partial charge in [0.1, 0.15) is 11.6 Å². The number of hydrogen-bond acceptors (Lipinski definition) is 4. The topological polar surface area (TPSA) is 47.1 Å². The van der Waals surface area contributed by atoms with Crippen molar-refractivity contribution in [3.63, 3.8) is 0 Å². The summed E-state index contributed by atoms with van der Waals surface area (Å²) in [6.07, 6.45) is -1.84. The summed E-state index contributed by atoms with van der Waals surface area (Å²) in [7, 11) is 1.97. The number of oxazole rings is 1. The Balaban J connectivity index is 1.60. The molecule has 0 spiro atoms. The number of aryl methyl sites for hydroxylation is 3. The lowest BCUT2D eigenvalue weighted by Crippen LogP contribution is -2.31. The van der Waals surface area contributed by atoms with Gasteiger partial charge >= 0.3 is 6.18 Å². The van der Waals surface area contributed by atoms with Crippen molar-refractivity contribution >= 4 is 0 Å². The Hall–Kier alpha value is -1.83. The molecule has 2 aromatic heterocycles. The molecule has 3 heterocycles. The number of alkyl halides is 3. The number of nitrogens with zero attached hydrogens (tertiary/aromatic N) is 4. The van der Waals surface area contributed by atoms with Crippen LogP contribution in [0.1, 0.15) is 35.3 Å². The van der Waals surface area contributed by atoms with E-state index >= 15 is 0 Å². The fraction of sp³-hybridized carbons (Fsp3) is 0.625. The summed E-state index contributed by atoms with van der Waals surface area (Å²) in [4.78, 5) is 10.2. The molecule has 0 saturated carbocycles. The zero-order chi connectivity index (χ0) is 17.5. The third-order valence-corrected chi connectivity index (χ3v) is 4.43. The molecule has 1 atom stereocenters. The molecule has 0 aliphatic carbocycles. The fourth-order valence-electron chi connectivity index (χ4n) is 3.14. The summed E-state index contributed by atoms with van der Waals surface area (Å²) >= 11 is 0. The molecule has 3 rings (SSSR count). The predicted molar refractivity (Wildman–Crippen MR) is 81.4 cm³/mol. The van der Waals surface area contributed by atoms with E-state index in [0.29, 0.717) is 31.2 Å². The van der Waals surface area contributed by atoms with Gasteiger partial charge in [0, 0.05) is 25.7 Å². The molecule has 8 heteroatoms. The number of halogens is 3. The number of fused-ring (bicyclic) bond motifs is 1. The van der Waals surface area contributed by atoms with Crippen LogP contribution in [-0.2, 0) is 25.7 Å². The first-order valence-electron chi connectivity index (χ1n) is 7.97. The van der Waals surface area contributed by atoms with Crippen molar-refractivity contribution in [1.29, 1.82) is 0 Å². The van der Waals surface area contributed by atoms with Crippen LogP contribution >= 0.6 is 0 Å². The molecule has 0 amide bonds. The van der Waals surface area contributed by atoms with Crippen molar-refractivity contribution < 1.29 is 17.6 Å². The van der Waals surface area contributed by atoms with E-state index in [0.717, 1.165) is 30.6 Å². The minimum atomic E-state index is -4.38. The first kappa shape index (κ1) is 17.0. The largest absolute Gasteiger partial charge is 0.444 e. The van der Waals surface area contributed by atoms with E-state index in [-0.39, 0.29) is 5.92 Å². The molecule has 1 unspecified atom stereocenters. The summed E-state index contributed by atoms with van der Waals surface area (Å²) in [5, 5.41) is 0. The SMILES string of the molecule is Cc1nc(CN(C)CC2CCc3nc(C(F)(F)F)cn3C2)oc1C. The van der Waals surface area contributed by atoms with Crippen LogP contribution in [0.4, 0.5) is 13.2 Å². The Labute approximate surface area is 138 Å². The Morgan fingerprint density at radius 1 is 1.33 bits per heavy atom. The number of hydrogen-bond donors (Lipinski definition) is 0. The Bertz CT molecular complexity index is 700. The van der Waals surface area contributed by atoms with Crippen LogP contribution in [0, 0.1) is 19.8 Å². The van der Waals surface area contributed by atoms with Crippen LogP contribution in [0.5, 0.6) is 0 Å². The van der Waals surface area contributed by atoms with Crippen molar-refractivity contribution in [1.82, 2.24) is 19.4 Å². The number of rotatable bonds is 4. The van der Waals surface area contributed by atoms with Gasteiger partial charge in [0.15, 0.2) is 5.69 Å². The van der Waals surface area contributed by atoms with Crippen LogP contribution < -0.4 is 0 Å². The molecule has 2 aromatic rings. The minimum Gasteiger partial charge on any atom is -0.444 e. The number of imidazole rings is 1. The normalized spacial score (nSPS) is 18.2. The monoisotopic (exact) mass is 342 g/mol. The van der Waals surface area contributed by atoms with Crippen LogP contribution in [0.15, 0.2) is 10.6 Å². The molecule has 24 heavy (non-hydrogen) atoms. The van der Waals surface area contributed by atoms with E-state index in [1.165, 1.54) is 0 Å². The molecule has 132 valence electrons. The molecule has 0 fully saturated rings. The zero-order valence-corrected chi connectivity index (χ0v) is 14.0. The van der Waals surface area contributed by atoms with Gasteiger partial charge in [-0.25, -0.2) is 9.97 Å². The van der Waals surface area contributed by atoms with Gasteiger partial charge in [-0.3, -0.25) is 4.90 Å². The van der Waals surface area contributed by atoms with Gasteiger partial charge in [-0.2, -0.15) is 13.2 Å². The summed E-state index contributed by atoms with van der Waals surface area (Å²) in [6.45, 7) is 5.72. The third-order valence-electron chi connectivity index (χ3n) is 4.43. The van der Waals surface area contributed by atoms with Crippen LogP contribution in [0.25, 0.3) is 0 Å². The van der Waals surface area contributed by atoms with Crippen LogP contribution in [0.2, 0.25) is 0 Å². The smallest absolute Gasteiger partial charge is 0.434 e. The molecular formula is C16H21F3N4O. The second kappa shape index (κ2) is 6.23. The van der Waals surface area contributed by atoms with Crippen molar-refractivity contribution in [2.45, 2.75) is 46.0 Å². The van der Waals surface area contributed by atoms with Crippen molar-refractivity contribution in [3.8, 4) is 0 Å². The second-order valence-electron chi connectivity index (χ2n) is 6.54. The van der Waals surface area contributed by atoms with Gasteiger partial charge < -0.3 is 8.98 Å². The van der Waals surface area contributed by atoms with Gasteiger partial charge in [-0.1, -0.05) is 0 Å². The summed E-state index contributed by atoms with van der Waals surface area (Å²) in [5.41, 5.74) is 0.0936. The molecule has 0 radical (unpaired) electrons. The summed E-state index contributed by atoms with van der Waals surface area (Å²) < 4.78 is 45.5. The molecule has 0 saturated heterocycles. The lowest BCUT2D eigenvalue weighted by atomic mass is 9.99. The maximum absolute atomic E-state index is 12.8. The zero-order valence-electron chi connectivity index (χ0n) is 14.0. The van der Waals surface area contributed by atoms with E-state index in [2.05, 4.69) is 14.9 Å². The highest BCUT2D eigenvalue weighted by molar-refractivity contribution is 5.10. The second-order valence-corrected chi connectivity index (χ2v) is 6.54. The lowest BCUT2D eigenvalue weighted by Gasteiger charge is -2.27. The first-order valence-corrected chi connectivity index (χ1v) is 7.97. The van der Waals surface area contributed by atoms with Crippen LogP contribution in [0.3, 0.4) is 0 Å². The predicted octanol–water partition coefficient (Wildman–Crippen LogP) is 3.20. The Morgan fingerprint density at radius 2 is 2.08 bits per heavy atom. The van der Waals surface area contributed by atoms with Gasteiger partial charge in [0.2, 0.25) is 5.89 Å². The summed E-state index contributed by atoms with van der Waals surface area (Å²) in [5.74, 6) is 2.31. The lowest BCUT2D eigenvalue weighted by molar-refractivity contribution is -0.141. The molecule has 0 aromatic carbocycles. The third kappa shape index (κ3) is 3.63. The molecular weight excluding hydrogens is 321 g/mol. The van der Waals surface area contributed by atoms with Crippen molar-refractivity contribution in [2.75, 3.05) is 13.6 Å². The van der Waals surface area contributed by atoms with E-state index in [9.17, 15) is 13.2 Å². The van der Waals surface area contributed by atoms with E-state index in [1.807, 2.05) is 20.9 Å². The van der Waals surface area contributed by atoms with Gasteiger partial charge in [-0.15, -0.1) is 0 Å². The highest BCUT2D eigenvalue weighted by Gasteiger charge is 2.35. The van der Waals surface area contributed by atoms with E-state index in [1.54, 1.807) is 4.57 Å². The van der Waals surface area contributed by atoms with Gasteiger partial charge in [0.05, 0.1) is 12.2 Å².